The van der Waals surface area contributed by atoms with Crippen LogP contribution in [0.1, 0.15) is 44.9 Å². The lowest BCUT2D eigenvalue weighted by molar-refractivity contribution is -0.122. The highest BCUT2D eigenvalue weighted by Crippen LogP contribution is 2.59. The van der Waals surface area contributed by atoms with Crippen LogP contribution < -0.4 is 5.32 Å². The number of amides is 1. The van der Waals surface area contributed by atoms with Crippen LogP contribution in [0.5, 0.6) is 0 Å². The number of hydrogen-bond acceptors (Lipinski definition) is 3. The Hall–Kier alpha value is -1.07. The molecule has 0 spiro atoms. The summed E-state index contributed by atoms with van der Waals surface area (Å²) in [6.07, 6.45) is 7.82. The molecule has 1 N–H and O–H groups in total. The SMILES string of the molecule is O=C(CCS(=O)(=O)c1ccccc1Cl)NCC12CC3CC(CC(C3)C1)C2. The summed E-state index contributed by atoms with van der Waals surface area (Å²) in [4.78, 5) is 12.4. The lowest BCUT2D eigenvalue weighted by Crippen LogP contribution is -2.51. The molecule has 1 aromatic rings. The lowest BCUT2D eigenvalue weighted by Gasteiger charge is -2.56. The third-order valence-corrected chi connectivity index (χ3v) is 8.80. The third-order valence-electron chi connectivity index (χ3n) is 6.60. The summed E-state index contributed by atoms with van der Waals surface area (Å²) in [5.41, 5.74) is 0.270. The Morgan fingerprint density at radius 3 is 2.23 bits per heavy atom. The first-order valence-corrected chi connectivity index (χ1v) is 11.6. The fourth-order valence-electron chi connectivity index (χ4n) is 5.91. The van der Waals surface area contributed by atoms with Crippen molar-refractivity contribution in [3.8, 4) is 0 Å². The van der Waals surface area contributed by atoms with Gasteiger partial charge in [-0.25, -0.2) is 8.42 Å². The minimum Gasteiger partial charge on any atom is -0.356 e. The molecule has 1 amide bonds. The van der Waals surface area contributed by atoms with E-state index >= 15 is 0 Å². The molecule has 0 unspecified atom stereocenters. The van der Waals surface area contributed by atoms with Gasteiger partial charge in [-0.1, -0.05) is 23.7 Å². The maximum Gasteiger partial charge on any atom is 0.221 e. The number of sulfone groups is 1. The van der Waals surface area contributed by atoms with E-state index in [-0.39, 0.29) is 33.4 Å². The molecule has 1 aromatic carbocycles. The predicted octanol–water partition coefficient (Wildman–Crippen LogP) is 3.84. The Labute approximate surface area is 160 Å². The zero-order valence-electron chi connectivity index (χ0n) is 14.9. The molecule has 0 saturated heterocycles. The summed E-state index contributed by atoms with van der Waals surface area (Å²) in [5, 5.41) is 3.25. The van der Waals surface area contributed by atoms with Crippen molar-refractivity contribution in [1.29, 1.82) is 0 Å². The summed E-state index contributed by atoms with van der Waals surface area (Å²) < 4.78 is 24.8. The Morgan fingerprint density at radius 2 is 1.65 bits per heavy atom. The van der Waals surface area contributed by atoms with Gasteiger partial charge < -0.3 is 5.32 Å². The molecule has 4 nitrogen and oxygen atoms in total. The highest BCUT2D eigenvalue weighted by Gasteiger charge is 2.50. The van der Waals surface area contributed by atoms with E-state index in [1.54, 1.807) is 18.2 Å². The first kappa shape index (κ1) is 18.3. The fraction of sp³-hybridized carbons (Fsp3) is 0.650. The Balaban J connectivity index is 1.32. The van der Waals surface area contributed by atoms with Gasteiger partial charge in [-0.15, -0.1) is 0 Å². The van der Waals surface area contributed by atoms with Gasteiger partial charge in [-0.2, -0.15) is 0 Å². The lowest BCUT2D eigenvalue weighted by atomic mass is 9.49. The van der Waals surface area contributed by atoms with Crippen LogP contribution in [0, 0.1) is 23.2 Å². The van der Waals surface area contributed by atoms with Crippen LogP contribution >= 0.6 is 11.6 Å². The summed E-state index contributed by atoms with van der Waals surface area (Å²) in [6.45, 7) is 0.710. The molecule has 0 atom stereocenters. The molecule has 6 heteroatoms. The van der Waals surface area contributed by atoms with Gasteiger partial charge in [-0.3, -0.25) is 4.79 Å². The molecule has 142 valence electrons. The molecule has 4 aliphatic carbocycles. The van der Waals surface area contributed by atoms with Crippen LogP contribution in [0.3, 0.4) is 0 Å². The molecule has 0 aliphatic heterocycles. The van der Waals surface area contributed by atoms with E-state index in [0.717, 1.165) is 17.8 Å². The molecular formula is C20H26ClNO3S. The maximum absolute atomic E-state index is 12.4. The van der Waals surface area contributed by atoms with Crippen molar-refractivity contribution < 1.29 is 13.2 Å². The topological polar surface area (TPSA) is 63.2 Å². The normalized spacial score (nSPS) is 32.6. The van der Waals surface area contributed by atoms with Crippen LogP contribution in [-0.4, -0.2) is 26.6 Å². The van der Waals surface area contributed by atoms with E-state index in [1.165, 1.54) is 44.6 Å². The maximum atomic E-state index is 12.4. The van der Waals surface area contributed by atoms with Gasteiger partial charge in [0.05, 0.1) is 15.7 Å². The molecule has 4 fully saturated rings. The van der Waals surface area contributed by atoms with Crippen LogP contribution in [0.2, 0.25) is 5.02 Å². The molecule has 26 heavy (non-hydrogen) atoms. The molecule has 4 saturated carbocycles. The van der Waals surface area contributed by atoms with Crippen LogP contribution in [0.25, 0.3) is 0 Å². The second-order valence-corrected chi connectivity index (χ2v) is 11.2. The largest absolute Gasteiger partial charge is 0.356 e. The van der Waals surface area contributed by atoms with Crippen molar-refractivity contribution >= 4 is 27.3 Å². The average molecular weight is 396 g/mol. The van der Waals surface area contributed by atoms with Crippen molar-refractivity contribution in [3.63, 3.8) is 0 Å². The summed E-state index contributed by atoms with van der Waals surface area (Å²) in [5.74, 6) is 2.16. The number of nitrogens with one attached hydrogen (secondary N) is 1. The quantitative estimate of drug-likeness (QED) is 0.795. The second kappa shape index (κ2) is 6.83. The van der Waals surface area contributed by atoms with Crippen LogP contribution in [-0.2, 0) is 14.6 Å². The minimum atomic E-state index is -3.54. The zero-order chi connectivity index (χ0) is 18.4. The van der Waals surface area contributed by atoms with E-state index in [0.29, 0.717) is 6.54 Å². The second-order valence-electron chi connectivity index (χ2n) is 8.69. The molecule has 5 rings (SSSR count). The van der Waals surface area contributed by atoms with Crippen molar-refractivity contribution in [2.75, 3.05) is 12.3 Å². The molecule has 0 radical (unpaired) electrons. The zero-order valence-corrected chi connectivity index (χ0v) is 16.5. The Bertz CT molecular complexity index is 770. The molecular weight excluding hydrogens is 370 g/mol. The number of carbonyl (C=O) groups is 1. The van der Waals surface area contributed by atoms with Crippen molar-refractivity contribution in [2.24, 2.45) is 23.2 Å². The summed E-state index contributed by atoms with van der Waals surface area (Å²) >= 11 is 5.98. The van der Waals surface area contributed by atoms with Crippen molar-refractivity contribution in [1.82, 2.24) is 5.32 Å². The van der Waals surface area contributed by atoms with Crippen LogP contribution in [0.4, 0.5) is 0 Å². The van der Waals surface area contributed by atoms with E-state index in [9.17, 15) is 13.2 Å². The summed E-state index contributed by atoms with van der Waals surface area (Å²) in [6, 6.07) is 6.39. The fourth-order valence-corrected chi connectivity index (χ4v) is 7.73. The van der Waals surface area contributed by atoms with E-state index in [1.807, 2.05) is 0 Å². The third kappa shape index (κ3) is 3.65. The Kier molecular flexibility index (Phi) is 4.81. The van der Waals surface area contributed by atoms with E-state index < -0.39 is 9.84 Å². The highest BCUT2D eigenvalue weighted by molar-refractivity contribution is 7.91. The first-order valence-electron chi connectivity index (χ1n) is 9.59. The molecule has 4 bridgehead atoms. The highest BCUT2D eigenvalue weighted by atomic mass is 35.5. The van der Waals surface area contributed by atoms with Gasteiger partial charge >= 0.3 is 0 Å². The number of hydrogen-bond donors (Lipinski definition) is 1. The van der Waals surface area contributed by atoms with Crippen LogP contribution in [0.15, 0.2) is 29.2 Å². The minimum absolute atomic E-state index is 0.0140. The molecule has 0 aromatic heterocycles. The van der Waals surface area contributed by atoms with Gasteiger partial charge in [0, 0.05) is 13.0 Å². The van der Waals surface area contributed by atoms with E-state index in [4.69, 9.17) is 11.6 Å². The van der Waals surface area contributed by atoms with Gasteiger partial charge in [0.25, 0.3) is 0 Å². The number of halogens is 1. The molecule has 0 heterocycles. The van der Waals surface area contributed by atoms with Gasteiger partial charge in [0.2, 0.25) is 5.91 Å². The van der Waals surface area contributed by atoms with E-state index in [2.05, 4.69) is 5.32 Å². The van der Waals surface area contributed by atoms with Crippen molar-refractivity contribution in [3.05, 3.63) is 29.3 Å². The summed E-state index contributed by atoms with van der Waals surface area (Å²) in [7, 11) is -3.54. The smallest absolute Gasteiger partial charge is 0.221 e. The number of carbonyl (C=O) groups excluding carboxylic acids is 1. The van der Waals surface area contributed by atoms with Gasteiger partial charge in [0.15, 0.2) is 9.84 Å². The predicted molar refractivity (Wildman–Crippen MR) is 102 cm³/mol. The number of rotatable bonds is 6. The van der Waals surface area contributed by atoms with Gasteiger partial charge in [-0.05, 0) is 73.8 Å². The standard InChI is InChI=1S/C20H26ClNO3S/c21-17-3-1-2-4-18(17)26(24,25)6-5-19(23)22-13-20-10-14-7-15(11-20)9-16(8-14)12-20/h1-4,14-16H,5-13H2,(H,22,23). The Morgan fingerprint density at radius 1 is 1.08 bits per heavy atom. The average Bonchev–Trinajstić information content (AvgIpc) is 2.57. The van der Waals surface area contributed by atoms with Crippen molar-refractivity contribution in [2.45, 2.75) is 49.8 Å². The van der Waals surface area contributed by atoms with Gasteiger partial charge in [0.1, 0.15) is 0 Å². The number of benzene rings is 1. The first-order chi connectivity index (χ1) is 12.4. The monoisotopic (exact) mass is 395 g/mol. The molecule has 4 aliphatic rings.